The Morgan fingerprint density at radius 2 is 1.26 bits per heavy atom. The van der Waals surface area contributed by atoms with Gasteiger partial charge in [0.25, 0.3) is 0 Å². The van der Waals surface area contributed by atoms with Gasteiger partial charge in [-0.1, -0.05) is 115 Å². The molecule has 0 bridgehead atoms. The van der Waals surface area contributed by atoms with Gasteiger partial charge in [0.15, 0.2) is 0 Å². The summed E-state index contributed by atoms with van der Waals surface area (Å²) in [6.45, 7) is 4.10. The van der Waals surface area contributed by atoms with Crippen molar-refractivity contribution in [2.24, 2.45) is 0 Å². The zero-order valence-electron chi connectivity index (χ0n) is 22.2. The quantitative estimate of drug-likeness (QED) is 0.0954. The van der Waals surface area contributed by atoms with Crippen LogP contribution in [0.25, 0.3) is 0 Å². The van der Waals surface area contributed by atoms with Crippen LogP contribution in [0.4, 0.5) is 0 Å². The second-order valence-corrected chi connectivity index (χ2v) is 9.65. The Kier molecular flexibility index (Phi) is 24.1. The van der Waals surface area contributed by atoms with E-state index < -0.39 is 18.2 Å². The largest absolute Gasteiger partial charge is 0.394 e. The standard InChI is InChI=1S/C29H55NO4/c1-3-5-7-9-11-13-15-17-19-21-23-28(33)27(25-31)30-29(34)24-26(32)22-20-18-16-14-12-10-8-6-4-2/h13,15,21,23,26-28,31-33H,3-12,14,16-20,22,24-25H2,1-2H3,(H,30,34)/b15-13+,23-21+. The summed E-state index contributed by atoms with van der Waals surface area (Å²) < 4.78 is 0. The first kappa shape index (κ1) is 32.8. The summed E-state index contributed by atoms with van der Waals surface area (Å²) in [7, 11) is 0. The molecule has 0 saturated heterocycles. The lowest BCUT2D eigenvalue weighted by Crippen LogP contribution is -2.45. The van der Waals surface area contributed by atoms with Gasteiger partial charge < -0.3 is 20.6 Å². The molecule has 0 heterocycles. The van der Waals surface area contributed by atoms with Crippen LogP contribution in [0.1, 0.15) is 129 Å². The van der Waals surface area contributed by atoms with Gasteiger partial charge in [0.05, 0.1) is 31.3 Å². The highest BCUT2D eigenvalue weighted by atomic mass is 16.3. The average molecular weight is 482 g/mol. The summed E-state index contributed by atoms with van der Waals surface area (Å²) in [5.41, 5.74) is 0. The van der Waals surface area contributed by atoms with Crippen molar-refractivity contribution >= 4 is 5.91 Å². The van der Waals surface area contributed by atoms with Gasteiger partial charge in [0, 0.05) is 0 Å². The molecule has 200 valence electrons. The number of allylic oxidation sites excluding steroid dienone is 3. The highest BCUT2D eigenvalue weighted by Crippen LogP contribution is 2.12. The van der Waals surface area contributed by atoms with Crippen LogP contribution in [0.2, 0.25) is 0 Å². The molecular weight excluding hydrogens is 426 g/mol. The van der Waals surface area contributed by atoms with Crippen LogP contribution in [-0.4, -0.2) is 46.1 Å². The summed E-state index contributed by atoms with van der Waals surface area (Å²) in [5.74, 6) is -0.332. The van der Waals surface area contributed by atoms with Crippen molar-refractivity contribution in [3.05, 3.63) is 24.3 Å². The minimum Gasteiger partial charge on any atom is -0.394 e. The van der Waals surface area contributed by atoms with Crippen molar-refractivity contribution in [1.29, 1.82) is 0 Å². The predicted molar refractivity (Wildman–Crippen MR) is 144 cm³/mol. The Labute approximate surface area is 210 Å². The van der Waals surface area contributed by atoms with Gasteiger partial charge in [-0.3, -0.25) is 4.79 Å². The second kappa shape index (κ2) is 24.9. The SMILES string of the molecule is CCCCCC/C=C/CC/C=C/C(O)C(CO)NC(=O)CC(O)CCCCCCCCCCC. The molecule has 0 spiro atoms. The lowest BCUT2D eigenvalue weighted by molar-refractivity contribution is -0.124. The van der Waals surface area contributed by atoms with Gasteiger partial charge in [-0.2, -0.15) is 0 Å². The molecule has 5 heteroatoms. The highest BCUT2D eigenvalue weighted by molar-refractivity contribution is 5.76. The summed E-state index contributed by atoms with van der Waals surface area (Å²) >= 11 is 0. The maximum Gasteiger partial charge on any atom is 0.222 e. The molecule has 0 aliphatic heterocycles. The van der Waals surface area contributed by atoms with E-state index in [0.29, 0.717) is 6.42 Å². The lowest BCUT2D eigenvalue weighted by atomic mass is 10.0. The molecule has 4 N–H and O–H groups in total. The van der Waals surface area contributed by atoms with E-state index in [9.17, 15) is 20.1 Å². The van der Waals surface area contributed by atoms with E-state index in [4.69, 9.17) is 0 Å². The van der Waals surface area contributed by atoms with E-state index >= 15 is 0 Å². The fraction of sp³-hybridized carbons (Fsp3) is 0.828. The van der Waals surface area contributed by atoms with E-state index in [1.807, 2.05) is 6.08 Å². The number of carbonyl (C=O) groups is 1. The van der Waals surface area contributed by atoms with Gasteiger partial charge in [0.2, 0.25) is 5.91 Å². The second-order valence-electron chi connectivity index (χ2n) is 9.65. The maximum atomic E-state index is 12.2. The van der Waals surface area contributed by atoms with Crippen LogP contribution >= 0.6 is 0 Å². The number of carbonyl (C=O) groups excluding carboxylic acids is 1. The monoisotopic (exact) mass is 481 g/mol. The fourth-order valence-corrected chi connectivity index (χ4v) is 4.00. The van der Waals surface area contributed by atoms with Gasteiger partial charge in [-0.15, -0.1) is 0 Å². The zero-order valence-corrected chi connectivity index (χ0v) is 22.2. The summed E-state index contributed by atoms with van der Waals surface area (Å²) in [6, 6.07) is -0.752. The minimum absolute atomic E-state index is 0.00695. The molecule has 0 aromatic carbocycles. The van der Waals surface area contributed by atoms with Gasteiger partial charge in [0.1, 0.15) is 0 Å². The first-order valence-electron chi connectivity index (χ1n) is 14.1. The Bertz CT molecular complexity index is 506. The van der Waals surface area contributed by atoms with Crippen LogP contribution in [-0.2, 0) is 4.79 Å². The van der Waals surface area contributed by atoms with Crippen LogP contribution < -0.4 is 5.32 Å². The van der Waals surface area contributed by atoms with Gasteiger partial charge >= 0.3 is 0 Å². The minimum atomic E-state index is -0.943. The Balaban J connectivity index is 3.92. The molecule has 3 unspecified atom stereocenters. The van der Waals surface area contributed by atoms with Crippen molar-refractivity contribution < 1.29 is 20.1 Å². The molecular formula is C29H55NO4. The van der Waals surface area contributed by atoms with Crippen molar-refractivity contribution in [1.82, 2.24) is 5.32 Å². The Hall–Kier alpha value is -1.17. The van der Waals surface area contributed by atoms with Crippen molar-refractivity contribution in [2.75, 3.05) is 6.61 Å². The van der Waals surface area contributed by atoms with E-state index in [2.05, 4.69) is 31.3 Å². The lowest BCUT2D eigenvalue weighted by Gasteiger charge is -2.21. The van der Waals surface area contributed by atoms with E-state index in [1.165, 1.54) is 70.6 Å². The molecule has 0 aromatic rings. The molecule has 0 aliphatic carbocycles. The number of aliphatic hydroxyl groups is 3. The number of rotatable bonds is 24. The molecule has 3 atom stereocenters. The number of unbranched alkanes of at least 4 members (excludes halogenated alkanes) is 13. The predicted octanol–water partition coefficient (Wildman–Crippen LogP) is 6.36. The van der Waals surface area contributed by atoms with Crippen LogP contribution in [0.15, 0.2) is 24.3 Å². The molecule has 0 fully saturated rings. The number of hydrogen-bond acceptors (Lipinski definition) is 4. The summed E-state index contributed by atoms with van der Waals surface area (Å²) in [5, 5.41) is 32.6. The van der Waals surface area contributed by atoms with Crippen molar-refractivity contribution in [2.45, 2.75) is 148 Å². The molecule has 0 radical (unpaired) electrons. The first-order chi connectivity index (χ1) is 16.5. The third kappa shape index (κ3) is 21.4. The smallest absolute Gasteiger partial charge is 0.222 e. The Morgan fingerprint density at radius 1 is 0.735 bits per heavy atom. The van der Waals surface area contributed by atoms with E-state index in [-0.39, 0.29) is 18.9 Å². The third-order valence-corrected chi connectivity index (χ3v) is 6.24. The number of amides is 1. The van der Waals surface area contributed by atoms with Crippen LogP contribution in [0.5, 0.6) is 0 Å². The van der Waals surface area contributed by atoms with E-state index in [0.717, 1.165) is 32.1 Å². The topological polar surface area (TPSA) is 89.8 Å². The van der Waals surface area contributed by atoms with E-state index in [1.54, 1.807) is 6.08 Å². The third-order valence-electron chi connectivity index (χ3n) is 6.24. The summed E-state index contributed by atoms with van der Waals surface area (Å²) in [6.07, 6.45) is 25.8. The molecule has 0 saturated carbocycles. The average Bonchev–Trinajstić information content (AvgIpc) is 2.82. The molecule has 1 amide bonds. The first-order valence-corrected chi connectivity index (χ1v) is 14.1. The number of aliphatic hydroxyl groups excluding tert-OH is 3. The Morgan fingerprint density at radius 3 is 1.88 bits per heavy atom. The number of hydrogen-bond donors (Lipinski definition) is 4. The summed E-state index contributed by atoms with van der Waals surface area (Å²) in [4.78, 5) is 12.2. The van der Waals surface area contributed by atoms with Crippen LogP contribution in [0, 0.1) is 0 Å². The molecule has 0 rings (SSSR count). The van der Waals surface area contributed by atoms with Gasteiger partial charge in [-0.25, -0.2) is 0 Å². The normalized spacial score (nSPS) is 14.6. The zero-order chi connectivity index (χ0) is 25.3. The molecule has 0 aliphatic rings. The maximum absolute atomic E-state index is 12.2. The molecule has 0 aromatic heterocycles. The molecule has 5 nitrogen and oxygen atoms in total. The highest BCUT2D eigenvalue weighted by Gasteiger charge is 2.19. The molecule has 34 heavy (non-hydrogen) atoms. The van der Waals surface area contributed by atoms with Gasteiger partial charge in [-0.05, 0) is 32.1 Å². The van der Waals surface area contributed by atoms with Crippen molar-refractivity contribution in [3.8, 4) is 0 Å². The number of nitrogens with one attached hydrogen (secondary N) is 1. The van der Waals surface area contributed by atoms with Crippen LogP contribution in [0.3, 0.4) is 0 Å². The fourth-order valence-electron chi connectivity index (χ4n) is 4.00. The van der Waals surface area contributed by atoms with Crippen molar-refractivity contribution in [3.63, 3.8) is 0 Å².